The molecule has 1 aliphatic carbocycles. The molecular formula is C16H31NO2. The van der Waals surface area contributed by atoms with Crippen LogP contribution in [0.2, 0.25) is 0 Å². The second-order valence-electron chi connectivity index (χ2n) is 6.53. The fourth-order valence-electron chi connectivity index (χ4n) is 1.93. The summed E-state index contributed by atoms with van der Waals surface area (Å²) < 4.78 is 0. The molecule has 0 unspecified atom stereocenters. The van der Waals surface area contributed by atoms with Gasteiger partial charge >= 0.3 is 0 Å². The van der Waals surface area contributed by atoms with Gasteiger partial charge in [0.05, 0.1) is 6.54 Å². The first kappa shape index (κ1) is 18.1. The zero-order valence-electron chi connectivity index (χ0n) is 13.2. The number of carbonyl (C=O) groups is 2. The maximum atomic E-state index is 11.2. The van der Waals surface area contributed by atoms with Crippen molar-refractivity contribution < 1.29 is 9.59 Å². The van der Waals surface area contributed by atoms with E-state index < -0.39 is 0 Å². The molecule has 0 bridgehead atoms. The van der Waals surface area contributed by atoms with Gasteiger partial charge in [-0.25, -0.2) is 0 Å². The molecule has 1 amide bonds. The van der Waals surface area contributed by atoms with E-state index in [1.54, 1.807) is 6.92 Å². The molecule has 3 heteroatoms. The summed E-state index contributed by atoms with van der Waals surface area (Å²) in [6.07, 6.45) is 9.94. The molecule has 112 valence electrons. The molecule has 0 heterocycles. The predicted octanol–water partition coefficient (Wildman–Crippen LogP) is 3.86. The normalized spacial score (nSPS) is 15.2. The molecule has 1 N–H and O–H groups in total. The highest BCUT2D eigenvalue weighted by molar-refractivity contribution is 5.85. The summed E-state index contributed by atoms with van der Waals surface area (Å²) in [4.78, 5) is 22.1. The first-order valence-electron chi connectivity index (χ1n) is 7.63. The molecule has 1 rings (SSSR count). The van der Waals surface area contributed by atoms with E-state index in [1.807, 2.05) is 20.8 Å². The van der Waals surface area contributed by atoms with Gasteiger partial charge in [-0.1, -0.05) is 66.2 Å². The molecular weight excluding hydrogens is 238 g/mol. The Labute approximate surface area is 118 Å². The average molecular weight is 269 g/mol. The molecule has 0 atom stereocenters. The molecule has 0 spiro atoms. The third-order valence-electron chi connectivity index (χ3n) is 3.07. The van der Waals surface area contributed by atoms with E-state index >= 15 is 0 Å². The second-order valence-corrected chi connectivity index (χ2v) is 6.53. The lowest BCUT2D eigenvalue weighted by Crippen LogP contribution is -2.31. The Bertz CT molecular complexity index is 251. The minimum absolute atomic E-state index is 0.0145. The fraction of sp³-hybridized carbons (Fsp3) is 0.875. The van der Waals surface area contributed by atoms with Gasteiger partial charge in [0.1, 0.15) is 0 Å². The summed E-state index contributed by atoms with van der Waals surface area (Å²) in [5.41, 5.74) is -0.0145. The van der Waals surface area contributed by atoms with Gasteiger partial charge in [0.2, 0.25) is 5.91 Å². The van der Waals surface area contributed by atoms with Crippen LogP contribution >= 0.6 is 0 Å². The molecule has 3 nitrogen and oxygen atoms in total. The molecule has 1 fully saturated rings. The predicted molar refractivity (Wildman–Crippen MR) is 80.1 cm³/mol. The summed E-state index contributed by atoms with van der Waals surface area (Å²) in [7, 11) is 0. The van der Waals surface area contributed by atoms with Crippen LogP contribution in [0.25, 0.3) is 0 Å². The van der Waals surface area contributed by atoms with Gasteiger partial charge < -0.3 is 5.32 Å². The number of hydrogen-bond donors (Lipinski definition) is 1. The largest absolute Gasteiger partial charge is 0.349 e. The van der Waals surface area contributed by atoms with E-state index in [9.17, 15) is 9.59 Å². The van der Waals surface area contributed by atoms with Crippen LogP contribution in [0.15, 0.2) is 0 Å². The average Bonchev–Trinajstić information content (AvgIpc) is 2.37. The molecule has 0 radical (unpaired) electrons. The van der Waals surface area contributed by atoms with Crippen molar-refractivity contribution in [2.24, 2.45) is 5.41 Å². The fourth-order valence-corrected chi connectivity index (χ4v) is 1.93. The van der Waals surface area contributed by atoms with Crippen LogP contribution in [-0.2, 0) is 9.59 Å². The molecule has 19 heavy (non-hydrogen) atoms. The van der Waals surface area contributed by atoms with E-state index in [0.717, 1.165) is 0 Å². The van der Waals surface area contributed by atoms with Gasteiger partial charge in [-0.3, -0.25) is 9.59 Å². The van der Waals surface area contributed by atoms with Crippen molar-refractivity contribution in [2.45, 2.75) is 79.1 Å². The van der Waals surface area contributed by atoms with Crippen molar-refractivity contribution >= 4 is 11.7 Å². The highest BCUT2D eigenvalue weighted by Crippen LogP contribution is 2.17. The maximum absolute atomic E-state index is 11.2. The first-order valence-corrected chi connectivity index (χ1v) is 7.63. The summed E-state index contributed by atoms with van der Waals surface area (Å²) in [6, 6.07) is 0. The summed E-state index contributed by atoms with van der Waals surface area (Å²) >= 11 is 0. The third-order valence-corrected chi connectivity index (χ3v) is 3.07. The summed E-state index contributed by atoms with van der Waals surface area (Å²) in [5, 5.41) is 2.60. The second kappa shape index (κ2) is 9.99. The number of ketones is 1. The smallest absolute Gasteiger partial charge is 0.220 e. The van der Waals surface area contributed by atoms with Crippen molar-refractivity contribution in [3.63, 3.8) is 0 Å². The Hall–Kier alpha value is -0.860. The van der Waals surface area contributed by atoms with Crippen LogP contribution in [0, 0.1) is 5.41 Å². The highest BCUT2D eigenvalue weighted by atomic mass is 16.2. The van der Waals surface area contributed by atoms with Gasteiger partial charge in [0, 0.05) is 12.8 Å². The Morgan fingerprint density at radius 3 is 1.68 bits per heavy atom. The van der Waals surface area contributed by atoms with Gasteiger partial charge in [-0.05, 0) is 5.41 Å². The van der Waals surface area contributed by atoms with Crippen LogP contribution in [0.1, 0.15) is 79.1 Å². The number of Topliss-reactive ketones (excluding diaryl/α,β-unsaturated/α-hetero) is 1. The van der Waals surface area contributed by atoms with Gasteiger partial charge in [0.25, 0.3) is 0 Å². The van der Waals surface area contributed by atoms with E-state index in [2.05, 4.69) is 5.32 Å². The van der Waals surface area contributed by atoms with E-state index in [-0.39, 0.29) is 23.7 Å². The molecule has 1 aliphatic rings. The van der Waals surface area contributed by atoms with E-state index in [0.29, 0.717) is 12.8 Å². The Morgan fingerprint density at radius 1 is 0.947 bits per heavy atom. The minimum atomic E-state index is -0.0469. The zero-order chi connectivity index (χ0) is 14.7. The third kappa shape index (κ3) is 13.4. The monoisotopic (exact) mass is 269 g/mol. The molecule has 0 aliphatic heterocycles. The molecule has 0 saturated heterocycles. The SMILES string of the molecule is C1CCCCC1.CCC(=O)CNC(=O)CC(C)(C)C. The quantitative estimate of drug-likeness (QED) is 0.842. The number of hydrogen-bond acceptors (Lipinski definition) is 2. The van der Waals surface area contributed by atoms with Crippen LogP contribution in [0.4, 0.5) is 0 Å². The molecule has 0 aromatic rings. The van der Waals surface area contributed by atoms with Crippen molar-refractivity contribution in [3.05, 3.63) is 0 Å². The van der Waals surface area contributed by atoms with Crippen LogP contribution in [0.5, 0.6) is 0 Å². The van der Waals surface area contributed by atoms with Crippen LogP contribution < -0.4 is 5.32 Å². The lowest BCUT2D eigenvalue weighted by Gasteiger charge is -2.16. The molecule has 0 aromatic carbocycles. The van der Waals surface area contributed by atoms with E-state index in [1.165, 1.54) is 38.5 Å². The zero-order valence-corrected chi connectivity index (χ0v) is 13.2. The first-order chi connectivity index (χ1) is 8.85. The number of amides is 1. The van der Waals surface area contributed by atoms with Gasteiger partial charge in [0.15, 0.2) is 5.78 Å². The van der Waals surface area contributed by atoms with Crippen molar-refractivity contribution in [1.82, 2.24) is 5.32 Å². The molecule has 1 saturated carbocycles. The number of rotatable bonds is 4. The minimum Gasteiger partial charge on any atom is -0.349 e. The van der Waals surface area contributed by atoms with Crippen molar-refractivity contribution in [1.29, 1.82) is 0 Å². The van der Waals surface area contributed by atoms with Crippen molar-refractivity contribution in [2.75, 3.05) is 6.54 Å². The lowest BCUT2D eigenvalue weighted by atomic mass is 9.92. The Kier molecular flexibility index (Phi) is 9.54. The lowest BCUT2D eigenvalue weighted by molar-refractivity contribution is -0.126. The standard InChI is InChI=1S/C10H19NO2.C6H12/c1-5-8(12)7-11-9(13)6-10(2,3)4;1-2-4-6-5-3-1/h5-7H2,1-4H3,(H,11,13);1-6H2. The topological polar surface area (TPSA) is 46.2 Å². The maximum Gasteiger partial charge on any atom is 0.220 e. The highest BCUT2D eigenvalue weighted by Gasteiger charge is 2.15. The molecule has 0 aromatic heterocycles. The Balaban J connectivity index is 0.000000443. The number of nitrogens with one attached hydrogen (secondary N) is 1. The van der Waals surface area contributed by atoms with Crippen LogP contribution in [-0.4, -0.2) is 18.2 Å². The van der Waals surface area contributed by atoms with Gasteiger partial charge in [-0.2, -0.15) is 0 Å². The van der Waals surface area contributed by atoms with E-state index in [4.69, 9.17) is 0 Å². The van der Waals surface area contributed by atoms with Crippen molar-refractivity contribution in [3.8, 4) is 0 Å². The van der Waals surface area contributed by atoms with Crippen LogP contribution in [0.3, 0.4) is 0 Å². The Morgan fingerprint density at radius 2 is 1.37 bits per heavy atom. The van der Waals surface area contributed by atoms with Gasteiger partial charge in [-0.15, -0.1) is 0 Å². The number of carbonyl (C=O) groups excluding carboxylic acids is 2. The summed E-state index contributed by atoms with van der Waals surface area (Å²) in [6.45, 7) is 7.94. The summed E-state index contributed by atoms with van der Waals surface area (Å²) in [5.74, 6) is 0.0246.